The van der Waals surface area contributed by atoms with Crippen LogP contribution in [-0.4, -0.2) is 24.7 Å². The van der Waals surface area contributed by atoms with E-state index < -0.39 is 0 Å². The Kier molecular flexibility index (Phi) is 80.9. The Bertz CT molecular complexity index is 8.00. The minimum atomic E-state index is 0.194. The van der Waals surface area contributed by atoms with Gasteiger partial charge in [0.25, 0.3) is 0 Å². The van der Waals surface area contributed by atoms with Gasteiger partial charge in [0.2, 0.25) is 0 Å². The van der Waals surface area contributed by atoms with Crippen LogP contribution in [-0.2, 0) is 22.3 Å². The van der Waals surface area contributed by atoms with Gasteiger partial charge in [-0.25, -0.2) is 0 Å². The molecule has 26 valence electrons. The van der Waals surface area contributed by atoms with Crippen molar-refractivity contribution in [3.63, 3.8) is 0 Å². The molecule has 0 aromatic heterocycles. The number of hydrogen-bond acceptors (Lipinski definition) is 2. The number of hydrogen-bond donors (Lipinski definition) is 0. The topological polar surface area (TPSA) is 34.1 Å². The second-order valence-electron chi connectivity index (χ2n) is 0. The van der Waals surface area contributed by atoms with E-state index >= 15 is 0 Å². The van der Waals surface area contributed by atoms with Gasteiger partial charge in [0.05, 0.1) is 0 Å². The zero-order valence-corrected chi connectivity index (χ0v) is 6.12. The van der Waals surface area contributed by atoms with Gasteiger partial charge in [0, 0.05) is 0 Å². The van der Waals surface area contributed by atoms with Crippen molar-refractivity contribution in [3.8, 4) is 0 Å². The second kappa shape index (κ2) is 36.4. The minimum absolute atomic E-state index is 0.194. The van der Waals surface area contributed by atoms with Crippen molar-refractivity contribution in [2.24, 2.45) is 0 Å². The molecule has 0 spiro atoms. The van der Waals surface area contributed by atoms with Gasteiger partial charge in [-0.1, -0.05) is 0 Å². The zero-order valence-electron chi connectivity index (χ0n) is 1.60. The fraction of sp³-hybridized carbons (Fsp3) is 0. The molecule has 2 nitrogen and oxygen atoms in total. The van der Waals surface area contributed by atoms with Gasteiger partial charge < -0.3 is 0 Å². The summed E-state index contributed by atoms with van der Waals surface area (Å²) < 4.78 is 16.3. The second-order valence-corrected chi connectivity index (χ2v) is 0. The van der Waals surface area contributed by atoms with Crippen LogP contribution in [0, 0.1) is 0 Å². The van der Waals surface area contributed by atoms with E-state index in [1.54, 1.807) is 0 Å². The van der Waals surface area contributed by atoms with Crippen LogP contribution in [0.4, 0.5) is 0 Å². The molecule has 0 rings (SSSR count). The third-order valence-electron chi connectivity index (χ3n) is 0. The first-order chi connectivity index (χ1) is 2.00. The van der Waals surface area contributed by atoms with E-state index in [0.29, 0.717) is 0 Å². The molecule has 0 N–H and O–H groups in total. The molecule has 0 bridgehead atoms. The van der Waals surface area contributed by atoms with Crippen molar-refractivity contribution < 1.29 is 22.3 Å². The molecule has 1 radical (unpaired) electrons. The van der Waals surface area contributed by atoms with Crippen LogP contribution in [0.1, 0.15) is 0 Å². The Labute approximate surface area is 47.0 Å². The van der Waals surface area contributed by atoms with Gasteiger partial charge >= 0.3 is 47.1 Å². The van der Waals surface area contributed by atoms with Gasteiger partial charge in [-0.2, -0.15) is 0 Å². The summed E-state index contributed by atoms with van der Waals surface area (Å²) in [5.74, 6) is 0. The monoisotopic (exact) mass is 300 g/mol. The number of rotatable bonds is 0. The molecule has 0 aliphatic carbocycles. The van der Waals surface area contributed by atoms with Crippen molar-refractivity contribution in [3.05, 3.63) is 0 Å². The molecule has 0 saturated carbocycles. The van der Waals surface area contributed by atoms with Gasteiger partial charge in [0.15, 0.2) is 0 Å². The predicted molar refractivity (Wildman–Crippen MR) is 7.13 cm³/mol. The molecule has 0 amide bonds. The molecule has 0 atom stereocenters. The molecule has 0 saturated heterocycles. The maximum absolute atomic E-state index is 8.36. The van der Waals surface area contributed by atoms with E-state index in [4.69, 9.17) is 6.68 Å². The molecule has 0 fully saturated rings. The summed E-state index contributed by atoms with van der Waals surface area (Å²) in [4.78, 5) is 0. The molecule has 0 aromatic rings. The third-order valence-corrected chi connectivity index (χ3v) is 0. The maximum atomic E-state index is 8.36. The normalized spacial score (nSPS) is 2.25. The van der Waals surface area contributed by atoms with Crippen LogP contribution in [0.3, 0.4) is 0 Å². The van der Waals surface area contributed by atoms with E-state index in [-0.39, 0.29) is 24.7 Å². The van der Waals surface area contributed by atoms with Crippen molar-refractivity contribution in [1.82, 2.24) is 0 Å². The Morgan fingerprint density at radius 1 is 1.25 bits per heavy atom. The van der Waals surface area contributed by atoms with Crippen molar-refractivity contribution in [2.45, 2.75) is 0 Å². The standard InChI is InChI=1S/Bi.Co.2O. The predicted octanol–water partition coefficient (Wildman–Crippen LogP) is -0.621. The van der Waals surface area contributed by atoms with E-state index in [1.165, 1.54) is 0 Å². The van der Waals surface area contributed by atoms with E-state index in [2.05, 4.69) is 15.7 Å². The summed E-state index contributed by atoms with van der Waals surface area (Å²) in [6.07, 6.45) is 0. The summed E-state index contributed by atoms with van der Waals surface area (Å²) in [5.41, 5.74) is 0. The average molecular weight is 300 g/mol. The van der Waals surface area contributed by atoms with Gasteiger partial charge in [-0.15, -0.1) is 0 Å². The fourth-order valence-corrected chi connectivity index (χ4v) is 0. The third kappa shape index (κ3) is 12.1. The molecule has 0 unspecified atom stereocenters. The summed E-state index contributed by atoms with van der Waals surface area (Å²) in [7, 11) is 0. The quantitative estimate of drug-likeness (QED) is 0.559. The molecule has 0 aliphatic rings. The Morgan fingerprint density at radius 2 is 1.25 bits per heavy atom. The van der Waals surface area contributed by atoms with E-state index in [9.17, 15) is 0 Å². The summed E-state index contributed by atoms with van der Waals surface area (Å²) in [5, 5.41) is 0. The zero-order chi connectivity index (χ0) is 4.00. The summed E-state index contributed by atoms with van der Waals surface area (Å²) >= 11 is 2.51. The van der Waals surface area contributed by atoms with E-state index in [1.807, 2.05) is 0 Å². The van der Waals surface area contributed by atoms with Gasteiger partial charge in [0.1, 0.15) is 0 Å². The molecule has 0 aromatic carbocycles. The van der Waals surface area contributed by atoms with Crippen LogP contribution in [0.5, 0.6) is 0 Å². The average Bonchev–Trinajstić information content (AvgIpc) is 1.50. The Morgan fingerprint density at radius 3 is 1.25 bits per heavy atom. The molecular weight excluding hydrogens is 300 g/mol. The van der Waals surface area contributed by atoms with Crippen molar-refractivity contribution >= 4 is 24.7 Å². The van der Waals surface area contributed by atoms with E-state index in [0.717, 1.165) is 0 Å². The molecule has 4 heteroatoms. The van der Waals surface area contributed by atoms with Crippen LogP contribution in [0.15, 0.2) is 0 Å². The first kappa shape index (κ1) is 8.89. The summed E-state index contributed by atoms with van der Waals surface area (Å²) in [6.45, 7) is 0. The summed E-state index contributed by atoms with van der Waals surface area (Å²) in [6, 6.07) is 0. The molecule has 0 aliphatic heterocycles. The SMILES string of the molecule is [O]=[Bi].[O]=[Co]. The van der Waals surface area contributed by atoms with Gasteiger partial charge in [-0.05, 0) is 0 Å². The molecular formula is BiCoO2. The van der Waals surface area contributed by atoms with Crippen LogP contribution in [0.2, 0.25) is 0 Å². The fourth-order valence-electron chi connectivity index (χ4n) is 0. The van der Waals surface area contributed by atoms with Crippen molar-refractivity contribution in [2.75, 3.05) is 0 Å². The first-order valence-corrected chi connectivity index (χ1v) is 2.16. The van der Waals surface area contributed by atoms with Crippen molar-refractivity contribution in [1.29, 1.82) is 0 Å². The Balaban J connectivity index is 0. The first-order valence-electron chi connectivity index (χ1n) is 0.319. The van der Waals surface area contributed by atoms with Gasteiger partial charge in [-0.3, -0.25) is 0 Å². The Hall–Kier alpha value is 0.990. The molecule has 0 heterocycles. The van der Waals surface area contributed by atoms with Crippen LogP contribution in [0.25, 0.3) is 0 Å². The molecule has 4 heavy (non-hydrogen) atoms. The van der Waals surface area contributed by atoms with Crippen LogP contribution < -0.4 is 0 Å². The van der Waals surface area contributed by atoms with Crippen LogP contribution >= 0.6 is 0 Å².